The van der Waals surface area contributed by atoms with Crippen LogP contribution in [0.1, 0.15) is 35.9 Å². The molecule has 0 saturated heterocycles. The van der Waals surface area contributed by atoms with E-state index in [-0.39, 0.29) is 23.5 Å². The van der Waals surface area contributed by atoms with E-state index in [9.17, 15) is 24.5 Å². The summed E-state index contributed by atoms with van der Waals surface area (Å²) in [5, 5.41) is 26.6. The molecule has 0 aliphatic carbocycles. The molecule has 0 fully saturated rings. The minimum atomic E-state index is -1.23. The number of benzene rings is 1. The summed E-state index contributed by atoms with van der Waals surface area (Å²) in [6, 6.07) is 5.70. The molecule has 2 aromatic rings. The molecule has 10 heteroatoms. The summed E-state index contributed by atoms with van der Waals surface area (Å²) < 4.78 is 1.12. The minimum Gasteiger partial charge on any atom is -0.480 e. The normalized spacial score (nSPS) is 11.6. The van der Waals surface area contributed by atoms with Gasteiger partial charge in [0.2, 0.25) is 5.43 Å². The van der Waals surface area contributed by atoms with Gasteiger partial charge in [0.1, 0.15) is 11.7 Å². The summed E-state index contributed by atoms with van der Waals surface area (Å²) in [4.78, 5) is 46.4. The average Bonchev–Trinajstić information content (AvgIpc) is 2.61. The molecule has 1 amide bonds. The van der Waals surface area contributed by atoms with Crippen molar-refractivity contribution in [2.45, 2.75) is 32.7 Å². The number of para-hydroxylation sites is 2. The largest absolute Gasteiger partial charge is 0.480 e. The first kappa shape index (κ1) is 19.8. The zero-order valence-electron chi connectivity index (χ0n) is 14.7. The lowest BCUT2D eigenvalue weighted by molar-refractivity contribution is -0.384. The number of nitrogens with one attached hydrogen (secondary N) is 1. The SMILES string of the molecule is CCCC(NC(=O)c1nn(-c2ccccc2[N+](=O)[O-])c(C)cc1=O)C(=O)O. The molecule has 0 aliphatic heterocycles. The van der Waals surface area contributed by atoms with Crippen LogP contribution in [0.5, 0.6) is 0 Å². The summed E-state index contributed by atoms with van der Waals surface area (Å²) in [6.07, 6.45) is 0.699. The number of amides is 1. The van der Waals surface area contributed by atoms with E-state index in [0.717, 1.165) is 10.7 Å². The van der Waals surface area contributed by atoms with Gasteiger partial charge in [-0.2, -0.15) is 5.10 Å². The quantitative estimate of drug-likeness (QED) is 0.551. The molecule has 1 heterocycles. The van der Waals surface area contributed by atoms with Gasteiger partial charge in [-0.15, -0.1) is 0 Å². The van der Waals surface area contributed by atoms with Gasteiger partial charge in [-0.05, 0) is 19.4 Å². The van der Waals surface area contributed by atoms with E-state index < -0.39 is 34.0 Å². The van der Waals surface area contributed by atoms with Crippen LogP contribution in [0.25, 0.3) is 5.69 Å². The maximum absolute atomic E-state index is 12.4. The fourth-order valence-electron chi connectivity index (χ4n) is 2.52. The van der Waals surface area contributed by atoms with Crippen LogP contribution in [0.2, 0.25) is 0 Å². The molecule has 0 saturated carbocycles. The molecule has 0 spiro atoms. The summed E-state index contributed by atoms with van der Waals surface area (Å²) in [6.45, 7) is 3.28. The topological polar surface area (TPSA) is 144 Å². The van der Waals surface area contributed by atoms with Crippen molar-refractivity contribution >= 4 is 17.6 Å². The highest BCUT2D eigenvalue weighted by Crippen LogP contribution is 2.22. The molecule has 2 rings (SSSR count). The molecule has 1 aromatic carbocycles. The molecular formula is C17H18N4O6. The molecule has 2 N–H and O–H groups in total. The van der Waals surface area contributed by atoms with Crippen molar-refractivity contribution in [3.63, 3.8) is 0 Å². The van der Waals surface area contributed by atoms with Crippen molar-refractivity contribution < 1.29 is 19.6 Å². The Morgan fingerprint density at radius 3 is 2.63 bits per heavy atom. The Morgan fingerprint density at radius 2 is 2.04 bits per heavy atom. The zero-order chi connectivity index (χ0) is 20.1. The number of aromatic nitrogens is 2. The molecule has 0 aliphatic rings. The van der Waals surface area contributed by atoms with Crippen LogP contribution in [-0.2, 0) is 4.79 Å². The van der Waals surface area contributed by atoms with Crippen molar-refractivity contribution in [2.75, 3.05) is 0 Å². The molecule has 10 nitrogen and oxygen atoms in total. The average molecular weight is 374 g/mol. The first-order chi connectivity index (χ1) is 12.8. The first-order valence-electron chi connectivity index (χ1n) is 8.14. The predicted molar refractivity (Wildman–Crippen MR) is 95.0 cm³/mol. The first-order valence-corrected chi connectivity index (χ1v) is 8.14. The lowest BCUT2D eigenvalue weighted by atomic mass is 10.1. The van der Waals surface area contributed by atoms with Crippen molar-refractivity contribution in [2.24, 2.45) is 0 Å². The highest BCUT2D eigenvalue weighted by molar-refractivity contribution is 5.94. The van der Waals surface area contributed by atoms with E-state index in [2.05, 4.69) is 10.4 Å². The maximum Gasteiger partial charge on any atom is 0.326 e. The van der Waals surface area contributed by atoms with E-state index in [4.69, 9.17) is 5.11 Å². The summed E-state index contributed by atoms with van der Waals surface area (Å²) >= 11 is 0. The Labute approximate surface area is 153 Å². The Kier molecular flexibility index (Phi) is 6.01. The van der Waals surface area contributed by atoms with Gasteiger partial charge in [0.15, 0.2) is 5.69 Å². The molecule has 27 heavy (non-hydrogen) atoms. The van der Waals surface area contributed by atoms with Gasteiger partial charge in [-0.1, -0.05) is 25.5 Å². The predicted octanol–water partition coefficient (Wildman–Crippen LogP) is 1.43. The number of nitrogens with zero attached hydrogens (tertiary/aromatic N) is 3. The van der Waals surface area contributed by atoms with Crippen LogP contribution in [-0.4, -0.2) is 37.7 Å². The summed E-state index contributed by atoms with van der Waals surface area (Å²) in [5.41, 5.74) is -1.13. The van der Waals surface area contributed by atoms with Crippen molar-refractivity contribution in [1.29, 1.82) is 0 Å². The molecule has 0 bridgehead atoms. The highest BCUT2D eigenvalue weighted by Gasteiger charge is 2.24. The summed E-state index contributed by atoms with van der Waals surface area (Å²) in [5.74, 6) is -2.18. The van der Waals surface area contributed by atoms with Gasteiger partial charge in [0.25, 0.3) is 11.6 Å². The fourth-order valence-corrected chi connectivity index (χ4v) is 2.52. The van der Waals surface area contributed by atoms with E-state index >= 15 is 0 Å². The Hall–Kier alpha value is -3.56. The van der Waals surface area contributed by atoms with E-state index in [1.54, 1.807) is 13.0 Å². The second kappa shape index (κ2) is 8.21. The van der Waals surface area contributed by atoms with Crippen molar-refractivity contribution in [3.8, 4) is 5.69 Å². The van der Waals surface area contributed by atoms with E-state index in [1.165, 1.54) is 25.1 Å². The van der Waals surface area contributed by atoms with Crippen LogP contribution in [0, 0.1) is 17.0 Å². The molecule has 1 aromatic heterocycles. The van der Waals surface area contributed by atoms with E-state index in [0.29, 0.717) is 6.42 Å². The minimum absolute atomic E-state index is 0.0809. The third-order valence-corrected chi connectivity index (χ3v) is 3.81. The van der Waals surface area contributed by atoms with Crippen LogP contribution < -0.4 is 10.7 Å². The zero-order valence-corrected chi connectivity index (χ0v) is 14.7. The summed E-state index contributed by atoms with van der Waals surface area (Å²) in [7, 11) is 0. The van der Waals surface area contributed by atoms with Gasteiger partial charge >= 0.3 is 5.97 Å². The van der Waals surface area contributed by atoms with Gasteiger partial charge in [0, 0.05) is 17.8 Å². The second-order valence-corrected chi connectivity index (χ2v) is 5.81. The Balaban J connectivity index is 2.51. The van der Waals surface area contributed by atoms with Gasteiger partial charge in [0.05, 0.1) is 4.92 Å². The number of nitro groups is 1. The standard InChI is InChI=1S/C17H18N4O6/c1-3-6-11(17(24)25)18-16(23)15-14(22)9-10(2)20(19-15)12-7-4-5-8-13(12)21(26)27/h4-5,7-9,11H,3,6H2,1-2H3,(H,18,23)(H,24,25). The van der Waals surface area contributed by atoms with Crippen LogP contribution in [0.4, 0.5) is 5.69 Å². The van der Waals surface area contributed by atoms with Crippen molar-refractivity contribution in [3.05, 3.63) is 62.1 Å². The molecular weight excluding hydrogens is 356 g/mol. The number of nitro benzene ring substituents is 1. The molecule has 1 unspecified atom stereocenters. The van der Waals surface area contributed by atoms with E-state index in [1.807, 2.05) is 0 Å². The number of aryl methyl sites for hydroxylation is 1. The lowest BCUT2D eigenvalue weighted by Crippen LogP contribution is -2.43. The van der Waals surface area contributed by atoms with Gasteiger partial charge in [-0.3, -0.25) is 19.7 Å². The number of aliphatic carboxylic acids is 1. The highest BCUT2D eigenvalue weighted by atomic mass is 16.6. The molecule has 0 radical (unpaired) electrons. The third kappa shape index (κ3) is 4.35. The molecule has 1 atom stereocenters. The Morgan fingerprint density at radius 1 is 1.37 bits per heavy atom. The number of carbonyl (C=O) groups is 2. The Bertz CT molecular complexity index is 953. The smallest absolute Gasteiger partial charge is 0.326 e. The number of carboxylic acid groups (broad SMARTS) is 1. The third-order valence-electron chi connectivity index (χ3n) is 3.81. The van der Waals surface area contributed by atoms with Gasteiger partial charge in [-0.25, -0.2) is 9.48 Å². The van der Waals surface area contributed by atoms with Crippen LogP contribution >= 0.6 is 0 Å². The maximum atomic E-state index is 12.4. The monoisotopic (exact) mass is 374 g/mol. The number of hydrogen-bond donors (Lipinski definition) is 2. The number of hydrogen-bond acceptors (Lipinski definition) is 6. The van der Waals surface area contributed by atoms with Crippen LogP contribution in [0.3, 0.4) is 0 Å². The lowest BCUT2D eigenvalue weighted by Gasteiger charge is -2.14. The van der Waals surface area contributed by atoms with Gasteiger partial charge < -0.3 is 10.4 Å². The second-order valence-electron chi connectivity index (χ2n) is 5.81. The van der Waals surface area contributed by atoms with Crippen LogP contribution in [0.15, 0.2) is 35.1 Å². The van der Waals surface area contributed by atoms with Crippen molar-refractivity contribution in [1.82, 2.24) is 15.1 Å². The number of rotatable bonds is 7. The number of carboxylic acids is 1. The number of carbonyl (C=O) groups excluding carboxylic acids is 1. The molecule has 142 valence electrons. The fraction of sp³-hybridized carbons (Fsp3) is 0.294.